The first-order chi connectivity index (χ1) is 12.4. The van der Waals surface area contributed by atoms with Gasteiger partial charge in [0.1, 0.15) is 6.04 Å². The van der Waals surface area contributed by atoms with Gasteiger partial charge in [-0.3, -0.25) is 9.59 Å². The standard InChI is InChI=1S/C15H20BN3O7/c1-16(23)9-18-12(8-10-2-4-11(5-3-10)25-26-17)15(22)24-19-13(20)6-7-14(19)21/h2-5,12,18,23H,6-9,17H2,1H3. The summed E-state index contributed by atoms with van der Waals surface area (Å²) in [6.07, 6.45) is 0.362. The molecule has 1 unspecified atom stereocenters. The Morgan fingerprint density at radius 1 is 1.31 bits per heavy atom. The van der Waals surface area contributed by atoms with Crippen LogP contribution in [-0.4, -0.2) is 47.3 Å². The second-order valence-corrected chi connectivity index (χ2v) is 5.83. The highest BCUT2D eigenvalue weighted by Gasteiger charge is 2.35. The van der Waals surface area contributed by atoms with Crippen molar-refractivity contribution in [2.45, 2.75) is 32.1 Å². The Labute approximate surface area is 150 Å². The van der Waals surface area contributed by atoms with Crippen molar-refractivity contribution in [2.24, 2.45) is 5.90 Å². The van der Waals surface area contributed by atoms with Crippen LogP contribution >= 0.6 is 0 Å². The molecule has 1 aliphatic heterocycles. The molecule has 4 N–H and O–H groups in total. The van der Waals surface area contributed by atoms with Crippen LogP contribution in [0.4, 0.5) is 0 Å². The molecule has 11 heteroatoms. The van der Waals surface area contributed by atoms with Gasteiger partial charge in [0.15, 0.2) is 5.75 Å². The molecule has 26 heavy (non-hydrogen) atoms. The summed E-state index contributed by atoms with van der Waals surface area (Å²) in [5, 5.41) is 12.8. The molecule has 1 heterocycles. The van der Waals surface area contributed by atoms with E-state index in [1.54, 1.807) is 31.1 Å². The Morgan fingerprint density at radius 3 is 2.46 bits per heavy atom. The zero-order chi connectivity index (χ0) is 19.1. The molecule has 0 aliphatic carbocycles. The van der Waals surface area contributed by atoms with E-state index in [0.29, 0.717) is 10.8 Å². The molecule has 1 aromatic carbocycles. The Kier molecular flexibility index (Phi) is 7.10. The quantitative estimate of drug-likeness (QED) is 0.220. The van der Waals surface area contributed by atoms with E-state index in [1.807, 2.05) is 0 Å². The molecule has 1 fully saturated rings. The average molecular weight is 365 g/mol. The Balaban J connectivity index is 2.05. The van der Waals surface area contributed by atoms with Crippen LogP contribution in [0.1, 0.15) is 18.4 Å². The first-order valence-corrected chi connectivity index (χ1v) is 8.02. The van der Waals surface area contributed by atoms with Gasteiger partial charge in [-0.1, -0.05) is 23.9 Å². The van der Waals surface area contributed by atoms with Gasteiger partial charge in [-0.15, -0.1) is 5.06 Å². The summed E-state index contributed by atoms with van der Waals surface area (Å²) in [5.41, 5.74) is 0.744. The molecule has 2 rings (SSSR count). The van der Waals surface area contributed by atoms with E-state index in [0.717, 1.165) is 5.56 Å². The zero-order valence-electron chi connectivity index (χ0n) is 14.2. The van der Waals surface area contributed by atoms with E-state index in [1.165, 1.54) is 0 Å². The summed E-state index contributed by atoms with van der Waals surface area (Å²) < 4.78 is 0. The average Bonchev–Trinajstić information content (AvgIpc) is 2.92. The second-order valence-electron chi connectivity index (χ2n) is 5.83. The van der Waals surface area contributed by atoms with Gasteiger partial charge in [0.2, 0.25) is 0 Å². The maximum atomic E-state index is 12.4. The van der Waals surface area contributed by atoms with Gasteiger partial charge in [0, 0.05) is 19.3 Å². The lowest BCUT2D eigenvalue weighted by Crippen LogP contribution is -2.46. The molecule has 1 saturated heterocycles. The summed E-state index contributed by atoms with van der Waals surface area (Å²) >= 11 is 0. The molecule has 2 amide bonds. The summed E-state index contributed by atoms with van der Waals surface area (Å²) in [6.45, 7) is 0.861. The largest absolute Gasteiger partial charge is 0.449 e. The molecule has 10 nitrogen and oxygen atoms in total. The van der Waals surface area contributed by atoms with Crippen LogP contribution in [0.15, 0.2) is 24.3 Å². The van der Waals surface area contributed by atoms with Crippen LogP contribution in [-0.2, 0) is 30.6 Å². The summed E-state index contributed by atoms with van der Waals surface area (Å²) in [6, 6.07) is 5.68. The molecule has 0 aromatic heterocycles. The third-order valence-electron chi connectivity index (χ3n) is 3.64. The molecule has 1 atom stereocenters. The second kappa shape index (κ2) is 9.29. The number of amides is 2. The highest BCUT2D eigenvalue weighted by atomic mass is 17.3. The lowest BCUT2D eigenvalue weighted by atomic mass is 9.72. The minimum atomic E-state index is -0.872. The number of nitrogens with two attached hydrogens (primary N) is 1. The van der Waals surface area contributed by atoms with Crippen molar-refractivity contribution in [1.82, 2.24) is 10.4 Å². The summed E-state index contributed by atoms with van der Waals surface area (Å²) in [5.74, 6) is 3.28. The Hall–Kier alpha value is -2.47. The third-order valence-corrected chi connectivity index (χ3v) is 3.64. The normalized spacial score (nSPS) is 15.1. The van der Waals surface area contributed by atoms with Crippen LogP contribution in [0.3, 0.4) is 0 Å². The van der Waals surface area contributed by atoms with Gasteiger partial charge in [-0.25, -0.2) is 4.79 Å². The van der Waals surface area contributed by atoms with Gasteiger partial charge in [0.25, 0.3) is 18.7 Å². The minimum absolute atomic E-state index is 0.0164. The number of hydrogen-bond donors (Lipinski definition) is 3. The highest BCUT2D eigenvalue weighted by molar-refractivity contribution is 6.48. The maximum absolute atomic E-state index is 12.4. The number of hydroxylamine groups is 2. The van der Waals surface area contributed by atoms with Crippen LogP contribution in [0, 0.1) is 0 Å². The van der Waals surface area contributed by atoms with E-state index >= 15 is 0 Å². The number of nitrogens with zero attached hydrogens (tertiary/aromatic N) is 1. The first-order valence-electron chi connectivity index (χ1n) is 8.02. The number of imide groups is 1. The highest BCUT2D eigenvalue weighted by Crippen LogP contribution is 2.16. The SMILES string of the molecule is CB(O)CNC(Cc1ccc(OON)cc1)C(=O)ON1C(=O)CCC1=O. The number of carbonyl (C=O) groups is 3. The van der Waals surface area contributed by atoms with Crippen LogP contribution < -0.4 is 16.1 Å². The molecule has 0 spiro atoms. The lowest BCUT2D eigenvalue weighted by Gasteiger charge is -2.20. The summed E-state index contributed by atoms with van der Waals surface area (Å²) in [4.78, 5) is 49.3. The van der Waals surface area contributed by atoms with Crippen molar-refractivity contribution in [1.29, 1.82) is 0 Å². The topological polar surface area (TPSA) is 140 Å². The van der Waals surface area contributed by atoms with E-state index in [4.69, 9.17) is 10.7 Å². The molecular formula is C15H20BN3O7. The van der Waals surface area contributed by atoms with E-state index in [-0.39, 0.29) is 25.7 Å². The van der Waals surface area contributed by atoms with Crippen molar-refractivity contribution >= 4 is 24.7 Å². The Bertz CT molecular complexity index is 637. The van der Waals surface area contributed by atoms with Gasteiger partial charge in [0.05, 0.1) is 0 Å². The van der Waals surface area contributed by atoms with E-state index in [9.17, 15) is 19.4 Å². The zero-order valence-corrected chi connectivity index (χ0v) is 14.2. The molecule has 0 saturated carbocycles. The van der Waals surface area contributed by atoms with Crippen molar-refractivity contribution < 1.29 is 34.1 Å². The Morgan fingerprint density at radius 2 is 1.92 bits per heavy atom. The number of nitrogens with one attached hydrogen (secondary N) is 1. The molecule has 0 radical (unpaired) electrons. The number of benzene rings is 1. The van der Waals surface area contributed by atoms with Gasteiger partial charge < -0.3 is 20.1 Å². The fraction of sp³-hybridized carbons (Fsp3) is 0.400. The molecule has 1 aromatic rings. The maximum Gasteiger partial charge on any atom is 0.350 e. The molecule has 140 valence electrons. The molecular weight excluding hydrogens is 345 g/mol. The van der Waals surface area contributed by atoms with E-state index < -0.39 is 30.7 Å². The van der Waals surface area contributed by atoms with Crippen LogP contribution in [0.2, 0.25) is 6.82 Å². The van der Waals surface area contributed by atoms with Crippen molar-refractivity contribution in [3.8, 4) is 5.75 Å². The van der Waals surface area contributed by atoms with Crippen molar-refractivity contribution in [2.75, 3.05) is 6.44 Å². The smallest absolute Gasteiger partial charge is 0.350 e. The van der Waals surface area contributed by atoms with Crippen LogP contribution in [0.25, 0.3) is 0 Å². The molecule has 0 bridgehead atoms. The predicted molar refractivity (Wildman–Crippen MR) is 88.9 cm³/mol. The van der Waals surface area contributed by atoms with Gasteiger partial charge in [-0.2, -0.15) is 5.90 Å². The first kappa shape index (κ1) is 19.9. The van der Waals surface area contributed by atoms with E-state index in [2.05, 4.69) is 15.2 Å². The lowest BCUT2D eigenvalue weighted by molar-refractivity contribution is -0.211. The van der Waals surface area contributed by atoms with Crippen molar-refractivity contribution in [3.05, 3.63) is 29.8 Å². The molecule has 1 aliphatic rings. The monoisotopic (exact) mass is 365 g/mol. The fourth-order valence-electron chi connectivity index (χ4n) is 2.34. The minimum Gasteiger partial charge on any atom is -0.449 e. The summed E-state index contributed by atoms with van der Waals surface area (Å²) in [7, 11) is 0. The van der Waals surface area contributed by atoms with Gasteiger partial charge >= 0.3 is 5.97 Å². The fourth-order valence-corrected chi connectivity index (χ4v) is 2.34. The number of hydrogen-bond acceptors (Lipinski definition) is 9. The third kappa shape index (κ3) is 5.53. The van der Waals surface area contributed by atoms with Crippen LogP contribution in [0.5, 0.6) is 5.75 Å². The number of carbonyl (C=O) groups excluding carboxylic acids is 3. The van der Waals surface area contributed by atoms with Gasteiger partial charge in [-0.05, 0) is 24.1 Å². The predicted octanol–water partition coefficient (Wildman–Crippen LogP) is -0.869. The number of rotatable bonds is 9. The van der Waals surface area contributed by atoms with Crippen molar-refractivity contribution in [3.63, 3.8) is 0 Å².